The van der Waals surface area contributed by atoms with E-state index in [2.05, 4.69) is 13.8 Å². The van der Waals surface area contributed by atoms with Gasteiger partial charge < -0.3 is 9.69 Å². The first kappa shape index (κ1) is 12.2. The van der Waals surface area contributed by atoms with Crippen molar-refractivity contribution in [1.82, 2.24) is 4.90 Å². The van der Waals surface area contributed by atoms with Crippen molar-refractivity contribution in [1.29, 1.82) is 0 Å². The lowest BCUT2D eigenvalue weighted by Gasteiger charge is -2.35. The number of Topliss-reactive ketones (excluding diaryl/α,β-unsaturated/α-hetero) is 1. The first-order valence-electron chi connectivity index (χ1n) is 5.78. The Morgan fingerprint density at radius 1 is 1.20 bits per heavy atom. The van der Waals surface area contributed by atoms with Crippen molar-refractivity contribution in [3.8, 4) is 0 Å². The number of carbonyl (C=O) groups is 2. The molecule has 86 valence electrons. The molecule has 3 heteroatoms. The third-order valence-electron chi connectivity index (χ3n) is 3.38. The lowest BCUT2D eigenvalue weighted by Crippen LogP contribution is -2.42. The molecule has 0 aromatic heterocycles. The molecule has 2 unspecified atom stereocenters. The summed E-state index contributed by atoms with van der Waals surface area (Å²) in [6, 6.07) is 0. The van der Waals surface area contributed by atoms with Crippen LogP contribution in [0, 0.1) is 11.8 Å². The molecule has 3 nitrogen and oxygen atoms in total. The maximum atomic E-state index is 11.7. The molecule has 1 rings (SSSR count). The van der Waals surface area contributed by atoms with Crippen molar-refractivity contribution in [3.63, 3.8) is 0 Å². The molecule has 15 heavy (non-hydrogen) atoms. The molecule has 0 spiro atoms. The predicted octanol–water partition coefficient (Wildman–Crippen LogP) is 1.86. The van der Waals surface area contributed by atoms with E-state index in [0.29, 0.717) is 24.7 Å². The molecule has 0 radical (unpaired) electrons. The number of nitrogens with zero attached hydrogens (tertiary/aromatic N) is 1. The molecule has 1 aliphatic heterocycles. The van der Waals surface area contributed by atoms with Gasteiger partial charge >= 0.3 is 0 Å². The van der Waals surface area contributed by atoms with Crippen molar-refractivity contribution < 1.29 is 9.59 Å². The minimum atomic E-state index is 0.0989. The summed E-state index contributed by atoms with van der Waals surface area (Å²) in [4.78, 5) is 24.4. The average molecular weight is 211 g/mol. The SMILES string of the molecule is CC(=O)CCC(=O)N1CCC(C)C(C)C1. The fourth-order valence-electron chi connectivity index (χ4n) is 1.93. The number of ketones is 1. The number of likely N-dealkylation sites (tertiary alicyclic amines) is 1. The van der Waals surface area contributed by atoms with Crippen molar-refractivity contribution in [3.05, 3.63) is 0 Å². The van der Waals surface area contributed by atoms with E-state index in [-0.39, 0.29) is 11.7 Å². The Balaban J connectivity index is 2.37. The summed E-state index contributed by atoms with van der Waals surface area (Å²) in [5.41, 5.74) is 0. The van der Waals surface area contributed by atoms with Crippen molar-refractivity contribution in [2.75, 3.05) is 13.1 Å². The maximum Gasteiger partial charge on any atom is 0.223 e. The Labute approximate surface area is 91.8 Å². The molecule has 1 saturated heterocycles. The summed E-state index contributed by atoms with van der Waals surface area (Å²) in [6.45, 7) is 7.69. The third kappa shape index (κ3) is 3.65. The van der Waals surface area contributed by atoms with Crippen LogP contribution in [0.5, 0.6) is 0 Å². The van der Waals surface area contributed by atoms with Crippen LogP contribution in [0.15, 0.2) is 0 Å². The second-order valence-electron chi connectivity index (χ2n) is 4.79. The van der Waals surface area contributed by atoms with Crippen LogP contribution in [-0.2, 0) is 9.59 Å². The van der Waals surface area contributed by atoms with Gasteiger partial charge in [-0.2, -0.15) is 0 Å². The average Bonchev–Trinajstić information content (AvgIpc) is 2.18. The molecule has 2 atom stereocenters. The van der Waals surface area contributed by atoms with Gasteiger partial charge in [0.2, 0.25) is 5.91 Å². The van der Waals surface area contributed by atoms with E-state index in [9.17, 15) is 9.59 Å². The molecule has 0 N–H and O–H groups in total. The van der Waals surface area contributed by atoms with Crippen LogP contribution in [-0.4, -0.2) is 29.7 Å². The van der Waals surface area contributed by atoms with Gasteiger partial charge in [0.25, 0.3) is 0 Å². The summed E-state index contributed by atoms with van der Waals surface area (Å²) in [7, 11) is 0. The zero-order chi connectivity index (χ0) is 11.4. The van der Waals surface area contributed by atoms with Crippen LogP contribution < -0.4 is 0 Å². The van der Waals surface area contributed by atoms with Gasteiger partial charge in [-0.25, -0.2) is 0 Å². The van der Waals surface area contributed by atoms with Gasteiger partial charge in [-0.15, -0.1) is 0 Å². The maximum absolute atomic E-state index is 11.7. The Hall–Kier alpha value is -0.860. The van der Waals surface area contributed by atoms with Gasteiger partial charge in [0.15, 0.2) is 0 Å². The van der Waals surface area contributed by atoms with Crippen molar-refractivity contribution >= 4 is 11.7 Å². The van der Waals surface area contributed by atoms with Gasteiger partial charge in [0.1, 0.15) is 5.78 Å². The summed E-state index contributed by atoms with van der Waals surface area (Å²) < 4.78 is 0. The van der Waals surface area contributed by atoms with Crippen molar-refractivity contribution in [2.24, 2.45) is 11.8 Å². The van der Waals surface area contributed by atoms with Crippen LogP contribution >= 0.6 is 0 Å². The fourth-order valence-corrected chi connectivity index (χ4v) is 1.93. The van der Waals surface area contributed by atoms with Crippen LogP contribution in [0.3, 0.4) is 0 Å². The Morgan fingerprint density at radius 3 is 2.40 bits per heavy atom. The number of carbonyl (C=O) groups excluding carboxylic acids is 2. The zero-order valence-corrected chi connectivity index (χ0v) is 9.95. The summed E-state index contributed by atoms with van der Waals surface area (Å²) in [5.74, 6) is 1.53. The molecule has 1 fully saturated rings. The molecule has 1 heterocycles. The van der Waals surface area contributed by atoms with Crippen LogP contribution in [0.1, 0.15) is 40.0 Å². The minimum absolute atomic E-state index is 0.0989. The van der Waals surface area contributed by atoms with Gasteiger partial charge in [0.05, 0.1) is 0 Å². The minimum Gasteiger partial charge on any atom is -0.342 e. The first-order chi connectivity index (χ1) is 7.00. The lowest BCUT2D eigenvalue weighted by molar-refractivity contribution is -0.135. The first-order valence-corrected chi connectivity index (χ1v) is 5.78. The van der Waals surface area contributed by atoms with E-state index in [4.69, 9.17) is 0 Å². The monoisotopic (exact) mass is 211 g/mol. The number of rotatable bonds is 3. The number of hydrogen-bond acceptors (Lipinski definition) is 2. The van der Waals surface area contributed by atoms with Crippen LogP contribution in [0.2, 0.25) is 0 Å². The topological polar surface area (TPSA) is 37.4 Å². The van der Waals surface area contributed by atoms with E-state index in [1.165, 1.54) is 6.92 Å². The number of piperidine rings is 1. The Morgan fingerprint density at radius 2 is 1.87 bits per heavy atom. The second kappa shape index (κ2) is 5.29. The van der Waals surface area contributed by atoms with E-state index >= 15 is 0 Å². The largest absolute Gasteiger partial charge is 0.342 e. The van der Waals surface area contributed by atoms with Gasteiger partial charge in [-0.3, -0.25) is 4.79 Å². The summed E-state index contributed by atoms with van der Waals surface area (Å²) in [5, 5.41) is 0. The number of hydrogen-bond donors (Lipinski definition) is 0. The highest BCUT2D eigenvalue weighted by atomic mass is 16.2. The summed E-state index contributed by atoms with van der Waals surface area (Å²) in [6.07, 6.45) is 1.86. The highest BCUT2D eigenvalue weighted by Gasteiger charge is 2.25. The van der Waals surface area contributed by atoms with Gasteiger partial charge in [-0.1, -0.05) is 13.8 Å². The highest BCUT2D eigenvalue weighted by molar-refractivity contribution is 5.83. The van der Waals surface area contributed by atoms with E-state index in [0.717, 1.165) is 19.5 Å². The summed E-state index contributed by atoms with van der Waals surface area (Å²) >= 11 is 0. The standard InChI is InChI=1S/C12H21NO2/c1-9-6-7-13(8-10(9)2)12(15)5-4-11(3)14/h9-10H,4-8H2,1-3H3. The molecular formula is C12H21NO2. The molecule has 1 aliphatic rings. The molecular weight excluding hydrogens is 190 g/mol. The molecule has 1 amide bonds. The molecule has 0 saturated carbocycles. The van der Waals surface area contributed by atoms with Gasteiger partial charge in [0, 0.05) is 25.9 Å². The third-order valence-corrected chi connectivity index (χ3v) is 3.38. The van der Waals surface area contributed by atoms with Crippen molar-refractivity contribution in [2.45, 2.75) is 40.0 Å². The predicted molar refractivity (Wildman–Crippen MR) is 59.4 cm³/mol. The molecule has 0 aromatic rings. The smallest absolute Gasteiger partial charge is 0.223 e. The van der Waals surface area contributed by atoms with E-state index < -0.39 is 0 Å². The highest BCUT2D eigenvalue weighted by Crippen LogP contribution is 2.22. The second-order valence-corrected chi connectivity index (χ2v) is 4.79. The fraction of sp³-hybridized carbons (Fsp3) is 0.833. The normalized spacial score (nSPS) is 26.5. The van der Waals surface area contributed by atoms with Gasteiger partial charge in [-0.05, 0) is 25.2 Å². The van der Waals surface area contributed by atoms with Crippen LogP contribution in [0.25, 0.3) is 0 Å². The quantitative estimate of drug-likeness (QED) is 0.714. The zero-order valence-electron chi connectivity index (χ0n) is 9.95. The Bertz CT molecular complexity index is 250. The van der Waals surface area contributed by atoms with E-state index in [1.54, 1.807) is 0 Å². The molecule has 0 aromatic carbocycles. The lowest BCUT2D eigenvalue weighted by atomic mass is 9.88. The molecule has 0 aliphatic carbocycles. The number of amides is 1. The van der Waals surface area contributed by atoms with E-state index in [1.807, 2.05) is 4.90 Å². The molecule has 0 bridgehead atoms. The van der Waals surface area contributed by atoms with Crippen LogP contribution in [0.4, 0.5) is 0 Å². The Kier molecular flexibility index (Phi) is 4.30.